The third-order valence-corrected chi connectivity index (χ3v) is 12.7. The van der Waals surface area contributed by atoms with E-state index in [1.165, 1.54) is 161 Å². The highest BCUT2D eigenvalue weighted by Crippen LogP contribution is 2.24. The minimum atomic E-state index is -4.60. The Balaban J connectivity index is 2.38. The molecule has 0 aromatic rings. The molecule has 0 aliphatic carbocycles. The van der Waals surface area contributed by atoms with Crippen LogP contribution in [0, 0.1) is 0 Å². The van der Waals surface area contributed by atoms with E-state index in [1.807, 2.05) is 0 Å². The molecule has 12 nitrogen and oxygen atoms in total. The number of aliphatic hydroxyl groups is 3. The molecule has 0 radical (unpaired) electrons. The molecule has 1 heterocycles. The van der Waals surface area contributed by atoms with Crippen molar-refractivity contribution in [3.63, 3.8) is 0 Å². The van der Waals surface area contributed by atoms with Crippen LogP contribution in [0.5, 0.6) is 0 Å². The smallest absolute Gasteiger partial charge is 0.306 e. The Morgan fingerprint density at radius 2 is 0.836 bits per heavy atom. The lowest BCUT2D eigenvalue weighted by Crippen LogP contribution is -2.60. The van der Waals surface area contributed by atoms with Crippen LogP contribution >= 0.6 is 0 Å². The maximum Gasteiger partial charge on any atom is 0.306 e. The normalized spacial score (nSPS) is 19.9. The molecule has 6 unspecified atom stereocenters. The average Bonchev–Trinajstić information content (AvgIpc) is 3.22. The molecule has 4 N–H and O–H groups in total. The predicted molar refractivity (Wildman–Crippen MR) is 243 cm³/mol. The van der Waals surface area contributed by atoms with Crippen molar-refractivity contribution in [2.75, 3.05) is 19.0 Å². The van der Waals surface area contributed by atoms with Gasteiger partial charge >= 0.3 is 11.9 Å². The van der Waals surface area contributed by atoms with Gasteiger partial charge in [0.15, 0.2) is 12.4 Å². The number of hydrogen-bond acceptors (Lipinski definition) is 11. The van der Waals surface area contributed by atoms with Gasteiger partial charge in [-0.3, -0.25) is 14.1 Å². The van der Waals surface area contributed by atoms with Crippen LogP contribution in [-0.4, -0.2) is 96.0 Å². The molecule has 362 valence electrons. The summed E-state index contributed by atoms with van der Waals surface area (Å²) in [6.45, 7) is 3.81. The van der Waals surface area contributed by atoms with Crippen molar-refractivity contribution in [1.29, 1.82) is 0 Å². The summed E-state index contributed by atoms with van der Waals surface area (Å²) in [6.07, 6.45) is 31.4. The van der Waals surface area contributed by atoms with E-state index in [9.17, 15) is 37.9 Å². The van der Waals surface area contributed by atoms with Crippen LogP contribution in [0.25, 0.3) is 0 Å². The number of carbonyl (C=O) groups excluding carboxylic acids is 2. The summed E-state index contributed by atoms with van der Waals surface area (Å²) in [4.78, 5) is 25.5. The summed E-state index contributed by atoms with van der Waals surface area (Å²) >= 11 is 0. The van der Waals surface area contributed by atoms with Gasteiger partial charge < -0.3 is 34.3 Å². The summed E-state index contributed by atoms with van der Waals surface area (Å²) in [7, 11) is -4.60. The predicted octanol–water partition coefficient (Wildman–Crippen LogP) is 10.8. The van der Waals surface area contributed by atoms with Gasteiger partial charge in [-0.15, -0.1) is 0 Å². The van der Waals surface area contributed by atoms with Crippen molar-refractivity contribution in [3.8, 4) is 0 Å². The second-order valence-corrected chi connectivity index (χ2v) is 19.3. The topological polar surface area (TPSA) is 186 Å². The molecule has 0 aromatic heterocycles. The number of ether oxygens (including phenoxy) is 4. The Kier molecular flexibility index (Phi) is 36.9. The highest BCUT2D eigenvalue weighted by Gasteiger charge is 2.46. The maximum absolute atomic E-state index is 12.8. The Morgan fingerprint density at radius 3 is 1.20 bits per heavy atom. The molecule has 61 heavy (non-hydrogen) atoms. The standard InChI is InChI=1S/C48H92O12S/c1-3-5-7-9-11-13-15-17-19-21-23-25-27-29-31-33-35-37-44(50)59-41(39-58-48-47(53)46(52)45(51)42(60-48)40-61(54,55)56)38-57-43(49)36-34-32-30-28-26-24-22-20-18-16-14-12-10-8-6-4-2/h41-42,45-48,51-53H,3-40H2,1-2H3,(H,54,55,56). The zero-order valence-electron chi connectivity index (χ0n) is 38.8. The number of esters is 2. The van der Waals surface area contributed by atoms with Crippen LogP contribution in [0.4, 0.5) is 0 Å². The maximum atomic E-state index is 12.8. The lowest BCUT2D eigenvalue weighted by atomic mass is 10.00. The van der Waals surface area contributed by atoms with E-state index in [1.54, 1.807) is 0 Å². The van der Waals surface area contributed by atoms with E-state index in [0.717, 1.165) is 38.5 Å². The van der Waals surface area contributed by atoms with Crippen LogP contribution in [-0.2, 0) is 38.7 Å². The summed E-state index contributed by atoms with van der Waals surface area (Å²) < 4.78 is 54.2. The Hall–Kier alpha value is -1.35. The molecule has 0 bridgehead atoms. The first-order valence-corrected chi connectivity index (χ1v) is 26.7. The first kappa shape index (κ1) is 57.7. The third kappa shape index (κ3) is 33.8. The fourth-order valence-corrected chi connectivity index (χ4v) is 8.72. The zero-order valence-corrected chi connectivity index (χ0v) is 39.6. The van der Waals surface area contributed by atoms with Gasteiger partial charge in [-0.1, -0.05) is 213 Å². The molecule has 1 fully saturated rings. The fraction of sp³-hybridized carbons (Fsp3) is 0.958. The summed E-state index contributed by atoms with van der Waals surface area (Å²) in [5, 5.41) is 30.9. The van der Waals surface area contributed by atoms with Crippen LogP contribution in [0.1, 0.15) is 239 Å². The molecule has 0 aromatic carbocycles. The monoisotopic (exact) mass is 893 g/mol. The number of unbranched alkanes of at least 4 members (excludes halogenated alkanes) is 31. The Morgan fingerprint density at radius 1 is 0.492 bits per heavy atom. The molecule has 13 heteroatoms. The molecule has 0 saturated carbocycles. The van der Waals surface area contributed by atoms with Gasteiger partial charge in [-0.2, -0.15) is 8.42 Å². The molecular weight excluding hydrogens is 801 g/mol. The zero-order chi connectivity index (χ0) is 44.8. The van der Waals surface area contributed by atoms with Crippen molar-refractivity contribution in [2.45, 2.75) is 275 Å². The molecular formula is C48H92O12S. The molecule has 6 atom stereocenters. The van der Waals surface area contributed by atoms with Gasteiger partial charge in [0, 0.05) is 12.8 Å². The van der Waals surface area contributed by atoms with Crippen molar-refractivity contribution in [3.05, 3.63) is 0 Å². The largest absolute Gasteiger partial charge is 0.462 e. The van der Waals surface area contributed by atoms with E-state index >= 15 is 0 Å². The van der Waals surface area contributed by atoms with E-state index in [4.69, 9.17) is 18.9 Å². The van der Waals surface area contributed by atoms with Gasteiger partial charge in [0.1, 0.15) is 36.8 Å². The van der Waals surface area contributed by atoms with Gasteiger partial charge in [0.25, 0.3) is 10.1 Å². The fourth-order valence-electron chi connectivity index (χ4n) is 8.03. The lowest BCUT2D eigenvalue weighted by Gasteiger charge is -2.40. The van der Waals surface area contributed by atoms with Crippen molar-refractivity contribution >= 4 is 22.1 Å². The quantitative estimate of drug-likeness (QED) is 0.0258. The van der Waals surface area contributed by atoms with Crippen LogP contribution in [0.15, 0.2) is 0 Å². The van der Waals surface area contributed by atoms with Crippen LogP contribution in [0.2, 0.25) is 0 Å². The number of aliphatic hydroxyl groups excluding tert-OH is 3. The van der Waals surface area contributed by atoms with Crippen LogP contribution < -0.4 is 0 Å². The van der Waals surface area contributed by atoms with Gasteiger partial charge in [0.2, 0.25) is 0 Å². The first-order chi connectivity index (χ1) is 29.5. The highest BCUT2D eigenvalue weighted by atomic mass is 32.2. The number of hydrogen-bond donors (Lipinski definition) is 4. The van der Waals surface area contributed by atoms with Gasteiger partial charge in [0.05, 0.1) is 6.61 Å². The Bertz CT molecular complexity index is 1140. The van der Waals surface area contributed by atoms with E-state index in [0.29, 0.717) is 12.8 Å². The molecule has 1 saturated heterocycles. The van der Waals surface area contributed by atoms with E-state index in [-0.39, 0.29) is 19.4 Å². The SMILES string of the molecule is CCCCCCCCCCCCCCCCCCCC(=O)OC(COC(=O)CCCCCCCCCCCCCCCCCC)COC1OC(CS(=O)(=O)O)C(O)C(O)C1O. The second-order valence-electron chi connectivity index (χ2n) is 17.9. The van der Waals surface area contributed by atoms with Gasteiger partial charge in [-0.05, 0) is 12.8 Å². The van der Waals surface area contributed by atoms with Crippen molar-refractivity contribution < 1.29 is 56.8 Å². The molecule has 1 aliphatic rings. The third-order valence-electron chi connectivity index (χ3n) is 11.9. The van der Waals surface area contributed by atoms with Gasteiger partial charge in [-0.25, -0.2) is 0 Å². The molecule has 1 rings (SSSR count). The van der Waals surface area contributed by atoms with E-state index < -0.39 is 71.2 Å². The van der Waals surface area contributed by atoms with E-state index in [2.05, 4.69) is 13.8 Å². The summed E-state index contributed by atoms with van der Waals surface area (Å²) in [5.41, 5.74) is 0. The van der Waals surface area contributed by atoms with Crippen molar-refractivity contribution in [2.24, 2.45) is 0 Å². The van der Waals surface area contributed by atoms with Crippen molar-refractivity contribution in [1.82, 2.24) is 0 Å². The number of carbonyl (C=O) groups is 2. The summed E-state index contributed by atoms with van der Waals surface area (Å²) in [6, 6.07) is 0. The average molecular weight is 893 g/mol. The molecule has 0 spiro atoms. The molecule has 1 aliphatic heterocycles. The lowest BCUT2D eigenvalue weighted by molar-refractivity contribution is -0.297. The number of rotatable bonds is 43. The Labute approximate surface area is 372 Å². The second kappa shape index (κ2) is 39.1. The molecule has 0 amide bonds. The highest BCUT2D eigenvalue weighted by molar-refractivity contribution is 7.85. The minimum Gasteiger partial charge on any atom is -0.462 e. The summed E-state index contributed by atoms with van der Waals surface area (Å²) in [5.74, 6) is -1.96. The van der Waals surface area contributed by atoms with Crippen LogP contribution in [0.3, 0.4) is 0 Å². The minimum absolute atomic E-state index is 0.173. The first-order valence-electron chi connectivity index (χ1n) is 25.1.